The zero-order valence-corrected chi connectivity index (χ0v) is 14.9. The van der Waals surface area contributed by atoms with E-state index in [-0.39, 0.29) is 5.91 Å². The molecule has 0 aliphatic rings. The minimum atomic E-state index is -0.229. The molecule has 4 aromatic carbocycles. The lowest BCUT2D eigenvalue weighted by atomic mass is 10.1. The molecule has 0 heterocycles. The van der Waals surface area contributed by atoms with Gasteiger partial charge < -0.3 is 10.1 Å². The molecule has 0 bridgehead atoms. The van der Waals surface area contributed by atoms with Gasteiger partial charge in [-0.05, 0) is 60.0 Å². The summed E-state index contributed by atoms with van der Waals surface area (Å²) in [6.45, 7) is 0. The van der Waals surface area contributed by atoms with Gasteiger partial charge in [0.05, 0.1) is 11.6 Å². The van der Waals surface area contributed by atoms with Crippen molar-refractivity contribution in [1.29, 1.82) is 5.26 Å². The number of fused-ring (bicyclic) bond motifs is 1. The van der Waals surface area contributed by atoms with Gasteiger partial charge in [-0.25, -0.2) is 0 Å². The summed E-state index contributed by atoms with van der Waals surface area (Å²) >= 11 is 0. The number of benzene rings is 4. The van der Waals surface area contributed by atoms with E-state index in [1.54, 1.807) is 36.4 Å². The number of carbonyl (C=O) groups excluding carboxylic acids is 1. The number of nitrogens with zero attached hydrogens (tertiary/aromatic N) is 1. The van der Waals surface area contributed by atoms with Crippen LogP contribution in [0.3, 0.4) is 0 Å². The number of nitrogens with one attached hydrogen (secondary N) is 1. The fourth-order valence-electron chi connectivity index (χ4n) is 2.92. The van der Waals surface area contributed by atoms with Crippen molar-refractivity contribution in [2.24, 2.45) is 0 Å². The first-order valence-electron chi connectivity index (χ1n) is 8.80. The van der Waals surface area contributed by atoms with Crippen molar-refractivity contribution in [3.63, 3.8) is 0 Å². The molecule has 0 spiro atoms. The van der Waals surface area contributed by atoms with Crippen molar-refractivity contribution < 1.29 is 9.53 Å². The van der Waals surface area contributed by atoms with E-state index in [9.17, 15) is 4.79 Å². The molecule has 28 heavy (non-hydrogen) atoms. The van der Waals surface area contributed by atoms with Crippen LogP contribution in [-0.4, -0.2) is 5.91 Å². The highest BCUT2D eigenvalue weighted by Crippen LogP contribution is 2.30. The predicted molar refractivity (Wildman–Crippen MR) is 110 cm³/mol. The zero-order valence-electron chi connectivity index (χ0n) is 14.9. The lowest BCUT2D eigenvalue weighted by Gasteiger charge is -2.10. The highest BCUT2D eigenvalue weighted by atomic mass is 16.5. The number of amides is 1. The molecular formula is C24H16N2O2. The number of hydrogen-bond donors (Lipinski definition) is 1. The second-order valence-electron chi connectivity index (χ2n) is 6.25. The molecule has 0 radical (unpaired) electrons. The van der Waals surface area contributed by atoms with Gasteiger partial charge in [0.1, 0.15) is 11.5 Å². The Morgan fingerprint density at radius 2 is 1.54 bits per heavy atom. The standard InChI is InChI=1S/C24H16N2O2/c25-16-17-8-10-19(11-9-17)24(27)26-20-12-14-21(15-13-20)28-23-7-3-5-18-4-1-2-6-22(18)23/h1-15H,(H,26,27). The molecule has 1 amide bonds. The van der Waals surface area contributed by atoms with Gasteiger partial charge in [0.15, 0.2) is 0 Å². The number of rotatable bonds is 4. The van der Waals surface area contributed by atoms with Crippen LogP contribution in [0.4, 0.5) is 5.69 Å². The molecule has 4 rings (SSSR count). The van der Waals surface area contributed by atoms with Crippen LogP contribution in [0.25, 0.3) is 10.8 Å². The van der Waals surface area contributed by atoms with Crippen molar-refractivity contribution in [3.8, 4) is 17.6 Å². The molecule has 0 aliphatic carbocycles. The van der Waals surface area contributed by atoms with E-state index in [1.165, 1.54) is 0 Å². The van der Waals surface area contributed by atoms with Crippen LogP contribution >= 0.6 is 0 Å². The molecule has 0 aromatic heterocycles. The van der Waals surface area contributed by atoms with E-state index in [0.717, 1.165) is 16.5 Å². The van der Waals surface area contributed by atoms with Crippen LogP contribution in [-0.2, 0) is 0 Å². The van der Waals surface area contributed by atoms with Gasteiger partial charge >= 0.3 is 0 Å². The maximum absolute atomic E-state index is 12.3. The number of hydrogen-bond acceptors (Lipinski definition) is 3. The van der Waals surface area contributed by atoms with Gasteiger partial charge in [0, 0.05) is 16.6 Å². The monoisotopic (exact) mass is 364 g/mol. The number of nitriles is 1. The predicted octanol–water partition coefficient (Wildman–Crippen LogP) is 5.76. The van der Waals surface area contributed by atoms with E-state index in [1.807, 2.05) is 60.7 Å². The van der Waals surface area contributed by atoms with Crippen LogP contribution in [0.1, 0.15) is 15.9 Å². The average Bonchev–Trinajstić information content (AvgIpc) is 2.75. The van der Waals surface area contributed by atoms with Crippen molar-refractivity contribution in [1.82, 2.24) is 0 Å². The number of carbonyl (C=O) groups is 1. The molecule has 1 N–H and O–H groups in total. The Bertz CT molecular complexity index is 1170. The van der Waals surface area contributed by atoms with Gasteiger partial charge in [0.2, 0.25) is 0 Å². The third-order valence-electron chi connectivity index (χ3n) is 4.37. The smallest absolute Gasteiger partial charge is 0.255 e. The third kappa shape index (κ3) is 3.69. The molecule has 0 saturated heterocycles. The molecule has 4 nitrogen and oxygen atoms in total. The lowest BCUT2D eigenvalue weighted by Crippen LogP contribution is -2.11. The summed E-state index contributed by atoms with van der Waals surface area (Å²) in [5.41, 5.74) is 1.68. The van der Waals surface area contributed by atoms with Gasteiger partial charge in [0.25, 0.3) is 5.91 Å². The fraction of sp³-hybridized carbons (Fsp3) is 0. The molecule has 134 valence electrons. The van der Waals surface area contributed by atoms with Gasteiger partial charge in [-0.2, -0.15) is 5.26 Å². The maximum atomic E-state index is 12.3. The van der Waals surface area contributed by atoms with Crippen molar-refractivity contribution in [2.75, 3.05) is 5.32 Å². The van der Waals surface area contributed by atoms with E-state index >= 15 is 0 Å². The molecule has 0 saturated carbocycles. The minimum Gasteiger partial charge on any atom is -0.457 e. The van der Waals surface area contributed by atoms with Crippen LogP contribution in [0.15, 0.2) is 91.0 Å². The summed E-state index contributed by atoms with van der Waals surface area (Å²) < 4.78 is 6.02. The fourth-order valence-corrected chi connectivity index (χ4v) is 2.92. The molecule has 0 aliphatic heterocycles. The molecular weight excluding hydrogens is 348 g/mol. The molecule has 0 unspecified atom stereocenters. The van der Waals surface area contributed by atoms with Crippen molar-refractivity contribution in [3.05, 3.63) is 102 Å². The van der Waals surface area contributed by atoms with E-state index in [0.29, 0.717) is 22.6 Å². The molecule has 4 aromatic rings. The summed E-state index contributed by atoms with van der Waals surface area (Å²) in [5.74, 6) is 1.24. The first-order valence-corrected chi connectivity index (χ1v) is 8.80. The van der Waals surface area contributed by atoms with Gasteiger partial charge in [-0.1, -0.05) is 36.4 Å². The first kappa shape index (κ1) is 17.3. The Balaban J connectivity index is 1.47. The summed E-state index contributed by atoms with van der Waals surface area (Å²) in [4.78, 5) is 12.3. The summed E-state index contributed by atoms with van der Waals surface area (Å²) in [6.07, 6.45) is 0. The third-order valence-corrected chi connectivity index (χ3v) is 4.37. The Kier molecular flexibility index (Phi) is 4.73. The second kappa shape index (κ2) is 7.65. The zero-order chi connectivity index (χ0) is 19.3. The van der Waals surface area contributed by atoms with Crippen molar-refractivity contribution >= 4 is 22.4 Å². The number of anilines is 1. The van der Waals surface area contributed by atoms with E-state index in [4.69, 9.17) is 10.00 Å². The molecule has 0 fully saturated rings. The normalized spacial score (nSPS) is 10.2. The van der Waals surface area contributed by atoms with E-state index < -0.39 is 0 Å². The quantitative estimate of drug-likeness (QED) is 0.501. The molecule has 4 heteroatoms. The van der Waals surface area contributed by atoms with E-state index in [2.05, 4.69) is 5.32 Å². The second-order valence-corrected chi connectivity index (χ2v) is 6.25. The average molecular weight is 364 g/mol. The van der Waals surface area contributed by atoms with Crippen LogP contribution in [0.5, 0.6) is 11.5 Å². The number of ether oxygens (including phenoxy) is 1. The summed E-state index contributed by atoms with van der Waals surface area (Å²) in [7, 11) is 0. The summed E-state index contributed by atoms with van der Waals surface area (Å²) in [6, 6.07) is 29.7. The van der Waals surface area contributed by atoms with Gasteiger partial charge in [-0.3, -0.25) is 4.79 Å². The van der Waals surface area contributed by atoms with Crippen LogP contribution in [0.2, 0.25) is 0 Å². The highest BCUT2D eigenvalue weighted by Gasteiger charge is 2.07. The highest BCUT2D eigenvalue weighted by molar-refractivity contribution is 6.04. The van der Waals surface area contributed by atoms with Crippen LogP contribution < -0.4 is 10.1 Å². The Morgan fingerprint density at radius 1 is 0.821 bits per heavy atom. The lowest BCUT2D eigenvalue weighted by molar-refractivity contribution is 0.102. The summed E-state index contributed by atoms with van der Waals surface area (Å²) in [5, 5.41) is 13.8. The van der Waals surface area contributed by atoms with Crippen molar-refractivity contribution in [2.45, 2.75) is 0 Å². The van der Waals surface area contributed by atoms with Gasteiger partial charge in [-0.15, -0.1) is 0 Å². The Labute approximate surface area is 162 Å². The maximum Gasteiger partial charge on any atom is 0.255 e. The minimum absolute atomic E-state index is 0.229. The Morgan fingerprint density at radius 3 is 2.29 bits per heavy atom. The Hall–Kier alpha value is -4.10. The topological polar surface area (TPSA) is 62.1 Å². The first-order chi connectivity index (χ1) is 13.7. The van der Waals surface area contributed by atoms with Crippen LogP contribution in [0, 0.1) is 11.3 Å². The molecule has 0 atom stereocenters. The largest absolute Gasteiger partial charge is 0.457 e. The SMILES string of the molecule is N#Cc1ccc(C(=O)Nc2ccc(Oc3cccc4ccccc34)cc2)cc1.